The van der Waals surface area contributed by atoms with Crippen molar-refractivity contribution in [3.63, 3.8) is 0 Å². The molecule has 1 N–H and O–H groups in total. The van der Waals surface area contributed by atoms with Gasteiger partial charge < -0.3 is 19.5 Å². The molecule has 2 aromatic carbocycles. The summed E-state index contributed by atoms with van der Waals surface area (Å²) in [6, 6.07) is 14.9. The van der Waals surface area contributed by atoms with Gasteiger partial charge in [-0.1, -0.05) is 18.2 Å². The number of fused-ring (bicyclic) bond motifs is 1. The predicted octanol–water partition coefficient (Wildman–Crippen LogP) is 3.37. The van der Waals surface area contributed by atoms with Crippen LogP contribution in [0, 0.1) is 0 Å². The Balaban J connectivity index is 2.16. The van der Waals surface area contributed by atoms with E-state index < -0.39 is 0 Å². The van der Waals surface area contributed by atoms with Gasteiger partial charge in [-0.05, 0) is 37.3 Å². The molecule has 0 spiro atoms. The summed E-state index contributed by atoms with van der Waals surface area (Å²) in [4.78, 5) is 19.5. The van der Waals surface area contributed by atoms with Crippen LogP contribution in [0.15, 0.2) is 48.5 Å². The second kappa shape index (κ2) is 8.71. The average molecular weight is 380 g/mol. The van der Waals surface area contributed by atoms with E-state index in [1.54, 1.807) is 25.2 Å². The first-order valence-electron chi connectivity index (χ1n) is 9.15. The molecule has 6 heteroatoms. The first-order valence-corrected chi connectivity index (χ1v) is 9.15. The van der Waals surface area contributed by atoms with Gasteiger partial charge in [-0.25, -0.2) is 4.98 Å². The van der Waals surface area contributed by atoms with Crippen LogP contribution in [0.25, 0.3) is 22.2 Å². The molecule has 28 heavy (non-hydrogen) atoms. The van der Waals surface area contributed by atoms with Crippen LogP contribution < -0.4 is 9.47 Å². The van der Waals surface area contributed by atoms with Crippen LogP contribution in [-0.2, 0) is 0 Å². The number of carbonyl (C=O) groups is 1. The van der Waals surface area contributed by atoms with Crippen LogP contribution >= 0.6 is 0 Å². The van der Waals surface area contributed by atoms with Gasteiger partial charge in [0.25, 0.3) is 5.91 Å². The maximum Gasteiger partial charge on any atom is 0.254 e. The lowest BCUT2D eigenvalue weighted by Crippen LogP contribution is -2.33. The van der Waals surface area contributed by atoms with Gasteiger partial charge in [0.05, 0.1) is 37.6 Å². The van der Waals surface area contributed by atoms with Crippen molar-refractivity contribution in [2.24, 2.45) is 0 Å². The summed E-state index contributed by atoms with van der Waals surface area (Å²) >= 11 is 0. The zero-order valence-electron chi connectivity index (χ0n) is 16.3. The van der Waals surface area contributed by atoms with Crippen molar-refractivity contribution in [1.29, 1.82) is 0 Å². The van der Waals surface area contributed by atoms with E-state index in [0.717, 1.165) is 16.5 Å². The monoisotopic (exact) mass is 380 g/mol. The number of para-hydroxylation sites is 1. The number of likely N-dealkylation sites (N-methyl/N-ethyl adjacent to an activating group) is 1. The lowest BCUT2D eigenvalue weighted by atomic mass is 10.0. The highest BCUT2D eigenvalue weighted by atomic mass is 16.5. The van der Waals surface area contributed by atoms with E-state index in [1.165, 1.54) is 0 Å². The molecule has 3 rings (SSSR count). The van der Waals surface area contributed by atoms with Gasteiger partial charge in [0.15, 0.2) is 11.5 Å². The molecule has 0 fully saturated rings. The minimum atomic E-state index is -0.128. The Labute approximate surface area is 164 Å². The number of ether oxygens (including phenoxy) is 2. The third kappa shape index (κ3) is 3.77. The Morgan fingerprint density at radius 1 is 1.07 bits per heavy atom. The number of rotatable bonds is 7. The maximum absolute atomic E-state index is 13.1. The van der Waals surface area contributed by atoms with E-state index in [2.05, 4.69) is 0 Å². The summed E-state index contributed by atoms with van der Waals surface area (Å²) in [6.45, 7) is 2.62. The maximum atomic E-state index is 13.1. The normalized spacial score (nSPS) is 10.7. The molecule has 1 aromatic heterocycles. The number of nitrogens with zero attached hydrogens (tertiary/aromatic N) is 2. The standard InChI is InChI=1S/C22H24N2O4/c1-4-24(11-12-25)22(26)17-14-19(23-18-8-6-5-7-16(17)18)15-9-10-20(27-2)21(13-15)28-3/h5-10,13-14,25H,4,11-12H2,1-3H3. The van der Waals surface area contributed by atoms with Crippen molar-refractivity contribution in [2.75, 3.05) is 33.9 Å². The van der Waals surface area contributed by atoms with Crippen LogP contribution in [0.2, 0.25) is 0 Å². The molecule has 146 valence electrons. The molecule has 0 radical (unpaired) electrons. The Kier molecular flexibility index (Phi) is 6.11. The van der Waals surface area contributed by atoms with Gasteiger partial charge in [0.2, 0.25) is 0 Å². The fourth-order valence-electron chi connectivity index (χ4n) is 3.19. The largest absolute Gasteiger partial charge is 0.493 e. The molecule has 6 nitrogen and oxygen atoms in total. The van der Waals surface area contributed by atoms with E-state index >= 15 is 0 Å². The molecule has 0 aliphatic heterocycles. The number of methoxy groups -OCH3 is 2. The SMILES string of the molecule is CCN(CCO)C(=O)c1cc(-c2ccc(OC)c(OC)c2)nc2ccccc12. The van der Waals surface area contributed by atoms with Crippen molar-refractivity contribution >= 4 is 16.8 Å². The summed E-state index contributed by atoms with van der Waals surface area (Å²) in [6.07, 6.45) is 0. The second-order valence-electron chi connectivity index (χ2n) is 6.25. The topological polar surface area (TPSA) is 71.9 Å². The van der Waals surface area contributed by atoms with Crippen molar-refractivity contribution in [3.8, 4) is 22.8 Å². The molecular weight excluding hydrogens is 356 g/mol. The fourth-order valence-corrected chi connectivity index (χ4v) is 3.19. The minimum absolute atomic E-state index is 0.0782. The summed E-state index contributed by atoms with van der Waals surface area (Å²) in [5, 5.41) is 10.1. The molecular formula is C22H24N2O4. The molecule has 3 aromatic rings. The number of aliphatic hydroxyl groups is 1. The third-order valence-electron chi connectivity index (χ3n) is 4.66. The number of amides is 1. The second-order valence-corrected chi connectivity index (χ2v) is 6.25. The van der Waals surface area contributed by atoms with Crippen LogP contribution in [0.5, 0.6) is 11.5 Å². The quantitative estimate of drug-likeness (QED) is 0.680. The molecule has 0 aliphatic rings. The minimum Gasteiger partial charge on any atom is -0.493 e. The molecule has 0 saturated heterocycles. The van der Waals surface area contributed by atoms with Crippen molar-refractivity contribution in [3.05, 3.63) is 54.1 Å². The van der Waals surface area contributed by atoms with Crippen LogP contribution in [-0.4, -0.2) is 54.8 Å². The van der Waals surface area contributed by atoms with Gasteiger partial charge in [-0.3, -0.25) is 4.79 Å². The Hall–Kier alpha value is -3.12. The summed E-state index contributed by atoms with van der Waals surface area (Å²) in [7, 11) is 3.17. The van der Waals surface area contributed by atoms with E-state index in [1.807, 2.05) is 49.4 Å². The van der Waals surface area contributed by atoms with E-state index in [-0.39, 0.29) is 19.1 Å². The molecule has 1 heterocycles. The predicted molar refractivity (Wildman–Crippen MR) is 109 cm³/mol. The summed E-state index contributed by atoms with van der Waals surface area (Å²) in [5.41, 5.74) is 2.79. The number of hydrogen-bond donors (Lipinski definition) is 1. The van der Waals surface area contributed by atoms with Crippen molar-refractivity contribution in [2.45, 2.75) is 6.92 Å². The zero-order valence-corrected chi connectivity index (χ0v) is 16.3. The number of pyridine rings is 1. The smallest absolute Gasteiger partial charge is 0.254 e. The summed E-state index contributed by atoms with van der Waals surface area (Å²) in [5.74, 6) is 1.10. The van der Waals surface area contributed by atoms with Crippen molar-refractivity contribution in [1.82, 2.24) is 9.88 Å². The van der Waals surface area contributed by atoms with Crippen LogP contribution in [0.4, 0.5) is 0 Å². The fraction of sp³-hybridized carbons (Fsp3) is 0.273. The average Bonchev–Trinajstić information content (AvgIpc) is 2.75. The Morgan fingerprint density at radius 2 is 1.82 bits per heavy atom. The Morgan fingerprint density at radius 3 is 2.50 bits per heavy atom. The molecule has 1 amide bonds. The molecule has 0 unspecified atom stereocenters. The third-order valence-corrected chi connectivity index (χ3v) is 4.66. The molecule has 0 saturated carbocycles. The highest BCUT2D eigenvalue weighted by Gasteiger charge is 2.19. The first kappa shape index (κ1) is 19.6. The number of carbonyl (C=O) groups excluding carboxylic acids is 1. The Bertz CT molecular complexity index is 987. The van der Waals surface area contributed by atoms with E-state index in [4.69, 9.17) is 14.5 Å². The molecule has 0 atom stereocenters. The van der Waals surface area contributed by atoms with Crippen molar-refractivity contribution < 1.29 is 19.4 Å². The molecule has 0 aliphatic carbocycles. The summed E-state index contributed by atoms with van der Waals surface area (Å²) < 4.78 is 10.7. The van der Waals surface area contributed by atoms with Gasteiger partial charge in [0.1, 0.15) is 0 Å². The highest BCUT2D eigenvalue weighted by Crippen LogP contribution is 2.33. The van der Waals surface area contributed by atoms with E-state index in [9.17, 15) is 9.90 Å². The molecule has 0 bridgehead atoms. The van der Waals surface area contributed by atoms with Gasteiger partial charge in [-0.2, -0.15) is 0 Å². The number of hydrogen-bond acceptors (Lipinski definition) is 5. The van der Waals surface area contributed by atoms with Crippen LogP contribution in [0.1, 0.15) is 17.3 Å². The van der Waals surface area contributed by atoms with E-state index in [0.29, 0.717) is 29.3 Å². The van der Waals surface area contributed by atoms with Gasteiger partial charge >= 0.3 is 0 Å². The zero-order chi connectivity index (χ0) is 20.1. The number of aliphatic hydroxyl groups excluding tert-OH is 1. The lowest BCUT2D eigenvalue weighted by molar-refractivity contribution is 0.0734. The van der Waals surface area contributed by atoms with Gasteiger partial charge in [0, 0.05) is 24.0 Å². The number of aromatic nitrogens is 1. The lowest BCUT2D eigenvalue weighted by Gasteiger charge is -2.21. The van der Waals surface area contributed by atoms with Crippen LogP contribution in [0.3, 0.4) is 0 Å². The number of benzene rings is 2. The highest BCUT2D eigenvalue weighted by molar-refractivity contribution is 6.07. The first-order chi connectivity index (χ1) is 13.6. The van der Waals surface area contributed by atoms with Gasteiger partial charge in [-0.15, -0.1) is 0 Å².